The molecule has 1 aliphatic rings. The molecular formula is C48H35N. The monoisotopic (exact) mass is 630 g/mol. The van der Waals surface area contributed by atoms with Crippen LogP contribution in [0.1, 0.15) is 30.5 Å². The van der Waals surface area contributed by atoms with E-state index in [-0.39, 0.29) is 35.1 Å². The molecule has 0 bridgehead atoms. The van der Waals surface area contributed by atoms with Crippen molar-refractivity contribution in [1.29, 1.82) is 0 Å². The maximum atomic E-state index is 8.57. The third kappa shape index (κ3) is 4.86. The number of hydrogen-bond acceptors (Lipinski definition) is 1. The highest BCUT2D eigenvalue weighted by Crippen LogP contribution is 2.53. The lowest BCUT2D eigenvalue weighted by Gasteiger charge is -2.31. The first-order valence-corrected chi connectivity index (χ1v) is 16.6. The third-order valence-corrected chi connectivity index (χ3v) is 10.0. The van der Waals surface area contributed by atoms with Crippen molar-refractivity contribution in [1.82, 2.24) is 0 Å². The molecule has 0 aromatic heterocycles. The average Bonchev–Trinajstić information content (AvgIpc) is 3.49. The van der Waals surface area contributed by atoms with Crippen molar-refractivity contribution in [2.75, 3.05) is 4.90 Å². The van der Waals surface area contributed by atoms with E-state index in [0.717, 1.165) is 22.6 Å². The summed E-state index contributed by atoms with van der Waals surface area (Å²) in [7, 11) is 0. The first-order chi connectivity index (χ1) is 26.3. The van der Waals surface area contributed by atoms with Crippen LogP contribution < -0.4 is 4.90 Å². The van der Waals surface area contributed by atoms with Crippen molar-refractivity contribution in [3.05, 3.63) is 211 Å². The zero-order valence-corrected chi connectivity index (χ0v) is 27.0. The van der Waals surface area contributed by atoms with Gasteiger partial charge in [0.25, 0.3) is 0 Å². The minimum atomic E-state index is -0.399. The first kappa shape index (κ1) is 24.0. The molecule has 232 valence electrons. The van der Waals surface area contributed by atoms with E-state index in [1.807, 2.05) is 24.3 Å². The van der Waals surface area contributed by atoms with Gasteiger partial charge in [-0.1, -0.05) is 158 Å². The van der Waals surface area contributed by atoms with Crippen LogP contribution in [-0.2, 0) is 5.41 Å². The summed E-state index contributed by atoms with van der Waals surface area (Å²) in [6, 6.07) is 55.6. The van der Waals surface area contributed by atoms with E-state index in [4.69, 9.17) is 6.85 Å². The zero-order chi connectivity index (χ0) is 37.1. The molecule has 0 heterocycles. The summed E-state index contributed by atoms with van der Waals surface area (Å²) in [6.45, 7) is 2.31. The molecular weight excluding hydrogens is 591 g/mol. The Labute approximate surface area is 295 Å². The molecule has 1 nitrogen and oxygen atoms in total. The largest absolute Gasteiger partial charge is 0.310 e. The van der Waals surface area contributed by atoms with Crippen molar-refractivity contribution >= 4 is 27.8 Å². The van der Waals surface area contributed by atoms with Gasteiger partial charge in [0.05, 0.1) is 6.85 Å². The Balaban J connectivity index is 1.19. The van der Waals surface area contributed by atoms with E-state index in [0.29, 0.717) is 5.56 Å². The van der Waals surface area contributed by atoms with Gasteiger partial charge in [-0.3, -0.25) is 0 Å². The molecule has 8 aromatic rings. The standard InChI is InChI=1S/C48H35N/c1-48(46-23-9-7-20-44(46)45-21-8-10-24-47(45)48)38-17-12-18-41(33-38)49(39-29-25-35(26-30-39)34-13-3-2-4-14-34)40-31-27-37(28-32-40)43-22-11-16-36-15-5-6-19-42(36)43/h2-33H,1H3/i2D,3D,4D,13D,14D. The Morgan fingerprint density at radius 1 is 0.449 bits per heavy atom. The van der Waals surface area contributed by atoms with Gasteiger partial charge >= 0.3 is 0 Å². The molecule has 9 rings (SSSR count). The lowest BCUT2D eigenvalue weighted by Crippen LogP contribution is -2.23. The van der Waals surface area contributed by atoms with Gasteiger partial charge in [0.1, 0.15) is 0 Å². The molecule has 8 aromatic carbocycles. The van der Waals surface area contributed by atoms with Gasteiger partial charge in [-0.25, -0.2) is 0 Å². The summed E-state index contributed by atoms with van der Waals surface area (Å²) in [5, 5.41) is 2.39. The van der Waals surface area contributed by atoms with Gasteiger partial charge in [-0.05, 0) is 104 Å². The smallest absolute Gasteiger partial charge is 0.0629 e. The van der Waals surface area contributed by atoms with Crippen molar-refractivity contribution in [3.8, 4) is 33.4 Å². The molecule has 49 heavy (non-hydrogen) atoms. The molecule has 0 saturated heterocycles. The minimum Gasteiger partial charge on any atom is -0.310 e. The van der Waals surface area contributed by atoms with Crippen LogP contribution in [-0.4, -0.2) is 0 Å². The Kier molecular flexibility index (Phi) is 5.79. The lowest BCUT2D eigenvalue weighted by molar-refractivity contribution is 0.714. The lowest BCUT2D eigenvalue weighted by atomic mass is 9.74. The van der Waals surface area contributed by atoms with Gasteiger partial charge in [-0.2, -0.15) is 0 Å². The van der Waals surface area contributed by atoms with Crippen molar-refractivity contribution in [2.24, 2.45) is 0 Å². The predicted octanol–water partition coefficient (Wildman–Crippen LogP) is 13.0. The van der Waals surface area contributed by atoms with E-state index in [1.165, 1.54) is 44.2 Å². The van der Waals surface area contributed by atoms with E-state index in [1.54, 1.807) is 0 Å². The van der Waals surface area contributed by atoms with E-state index >= 15 is 0 Å². The highest BCUT2D eigenvalue weighted by atomic mass is 15.1. The molecule has 0 saturated carbocycles. The second kappa shape index (κ2) is 11.8. The first-order valence-electron chi connectivity index (χ1n) is 19.1. The third-order valence-electron chi connectivity index (χ3n) is 10.0. The molecule has 0 fully saturated rings. The van der Waals surface area contributed by atoms with Gasteiger partial charge in [0.2, 0.25) is 0 Å². The molecule has 0 radical (unpaired) electrons. The molecule has 0 aliphatic heterocycles. The summed E-state index contributed by atoms with van der Waals surface area (Å²) in [5.41, 5.74) is 11.7. The van der Waals surface area contributed by atoms with Crippen molar-refractivity contribution in [2.45, 2.75) is 12.3 Å². The Hall–Kier alpha value is -6.18. The quantitative estimate of drug-likeness (QED) is 0.177. The van der Waals surface area contributed by atoms with Crippen LogP contribution in [0.25, 0.3) is 44.2 Å². The van der Waals surface area contributed by atoms with Gasteiger partial charge in [-0.15, -0.1) is 0 Å². The summed E-state index contributed by atoms with van der Waals surface area (Å²) in [6.07, 6.45) is 0. The van der Waals surface area contributed by atoms with Crippen molar-refractivity contribution < 1.29 is 6.85 Å². The molecule has 0 amide bonds. The number of rotatable bonds is 6. The maximum Gasteiger partial charge on any atom is 0.0629 e. The number of hydrogen-bond donors (Lipinski definition) is 0. The minimum absolute atomic E-state index is 0.187. The topological polar surface area (TPSA) is 3.24 Å². The van der Waals surface area contributed by atoms with Crippen LogP contribution in [0.4, 0.5) is 17.1 Å². The fourth-order valence-corrected chi connectivity index (χ4v) is 7.61. The average molecular weight is 631 g/mol. The summed E-state index contributed by atoms with van der Waals surface area (Å²) in [4.78, 5) is 2.22. The maximum absolute atomic E-state index is 8.57. The molecule has 0 N–H and O–H groups in total. The molecule has 0 atom stereocenters. The molecule has 1 heteroatoms. The molecule has 1 aliphatic carbocycles. The van der Waals surface area contributed by atoms with Gasteiger partial charge < -0.3 is 4.90 Å². The molecule has 0 unspecified atom stereocenters. The van der Waals surface area contributed by atoms with Crippen LogP contribution in [0.15, 0.2) is 194 Å². The summed E-state index contributed by atoms with van der Waals surface area (Å²) < 4.78 is 41.6. The highest BCUT2D eigenvalue weighted by Gasteiger charge is 2.40. The van der Waals surface area contributed by atoms with Crippen LogP contribution in [0.5, 0.6) is 0 Å². The van der Waals surface area contributed by atoms with Crippen LogP contribution in [0.2, 0.25) is 0 Å². The second-order valence-corrected chi connectivity index (χ2v) is 12.7. The van der Waals surface area contributed by atoms with Crippen LogP contribution in [0.3, 0.4) is 0 Å². The number of nitrogens with zero attached hydrogens (tertiary/aromatic N) is 1. The van der Waals surface area contributed by atoms with E-state index < -0.39 is 6.04 Å². The fraction of sp³-hybridized carbons (Fsp3) is 0.0417. The van der Waals surface area contributed by atoms with Crippen LogP contribution >= 0.6 is 0 Å². The number of fused-ring (bicyclic) bond motifs is 4. The summed E-state index contributed by atoms with van der Waals surface area (Å²) in [5.74, 6) is 0. The fourth-order valence-electron chi connectivity index (χ4n) is 7.61. The van der Waals surface area contributed by atoms with E-state index in [9.17, 15) is 0 Å². The Bertz CT molecular complexity index is 2660. The van der Waals surface area contributed by atoms with E-state index in [2.05, 4.69) is 151 Å². The summed E-state index contributed by atoms with van der Waals surface area (Å²) >= 11 is 0. The zero-order valence-electron chi connectivity index (χ0n) is 32.0. The normalized spacial score (nSPS) is 14.2. The van der Waals surface area contributed by atoms with Crippen molar-refractivity contribution in [3.63, 3.8) is 0 Å². The Morgan fingerprint density at radius 3 is 1.69 bits per heavy atom. The number of anilines is 3. The predicted molar refractivity (Wildman–Crippen MR) is 207 cm³/mol. The SMILES string of the molecule is [2H]c1c([2H])c([2H])c(-c2ccc(N(c3ccc(-c4cccc5ccccc45)cc3)c3cccc(C4(C)c5ccccc5-c5ccccc54)c3)cc2)c([2H])c1[2H]. The number of benzene rings is 8. The van der Waals surface area contributed by atoms with Crippen LogP contribution in [0, 0.1) is 0 Å². The second-order valence-electron chi connectivity index (χ2n) is 12.7. The van der Waals surface area contributed by atoms with Gasteiger partial charge in [0, 0.05) is 22.5 Å². The Morgan fingerprint density at radius 2 is 1.00 bits per heavy atom. The molecule has 0 spiro atoms. The van der Waals surface area contributed by atoms with Gasteiger partial charge in [0.15, 0.2) is 0 Å². The highest BCUT2D eigenvalue weighted by molar-refractivity contribution is 5.97.